The van der Waals surface area contributed by atoms with E-state index in [1.165, 1.54) is 11.8 Å². The number of ketones is 1. The number of H-pyrrole nitrogens is 1. The second-order valence-electron chi connectivity index (χ2n) is 7.73. The Bertz CT molecular complexity index is 1480. The van der Waals surface area contributed by atoms with Crippen LogP contribution in [0.2, 0.25) is 0 Å². The number of carbonyl (C=O) groups excluding carboxylic acids is 1. The molecule has 0 aliphatic rings. The maximum absolute atomic E-state index is 12.7. The Labute approximate surface area is 221 Å². The number of halogens is 1. The Balaban J connectivity index is 1.60. The van der Waals surface area contributed by atoms with Crippen molar-refractivity contribution in [2.45, 2.75) is 11.6 Å². The number of thioether (sulfide) groups is 1. The third-order valence-electron chi connectivity index (χ3n) is 5.37. The molecule has 1 heterocycles. The summed E-state index contributed by atoms with van der Waals surface area (Å²) < 4.78 is 6.73. The lowest BCUT2D eigenvalue weighted by Crippen LogP contribution is -2.19. The Morgan fingerprint density at radius 3 is 2.25 bits per heavy atom. The molecular formula is C28H20BrN4O2S+. The number of pyridine rings is 1. The minimum Gasteiger partial charge on any atom is -0.489 e. The molecule has 0 spiro atoms. The third kappa shape index (κ3) is 5.75. The van der Waals surface area contributed by atoms with Gasteiger partial charge in [0.05, 0.1) is 5.75 Å². The number of hydrogen-bond acceptors (Lipinski definition) is 6. The highest BCUT2D eigenvalue weighted by Crippen LogP contribution is 2.34. The van der Waals surface area contributed by atoms with Gasteiger partial charge >= 0.3 is 0 Å². The highest BCUT2D eigenvalue weighted by Gasteiger charge is 2.24. The van der Waals surface area contributed by atoms with E-state index in [-0.39, 0.29) is 28.5 Å². The van der Waals surface area contributed by atoms with Gasteiger partial charge in [-0.05, 0) is 35.4 Å². The molecule has 4 aromatic rings. The number of Topliss-reactive ketones (excluding diaryl/α,β-unsaturated/α-hetero) is 1. The average Bonchev–Trinajstić information content (AvgIpc) is 2.91. The van der Waals surface area contributed by atoms with Gasteiger partial charge in [0, 0.05) is 15.6 Å². The Hall–Kier alpha value is -4.11. The number of nitrogens with one attached hydrogen (secondary N) is 1. The predicted octanol–water partition coefficient (Wildman–Crippen LogP) is 5.81. The summed E-state index contributed by atoms with van der Waals surface area (Å²) in [7, 11) is 0. The van der Waals surface area contributed by atoms with Gasteiger partial charge in [-0.3, -0.25) is 10.5 Å². The molecule has 0 aliphatic heterocycles. The monoisotopic (exact) mass is 555 g/mol. The Kier molecular flexibility index (Phi) is 8.02. The van der Waals surface area contributed by atoms with Crippen LogP contribution in [0.15, 0.2) is 88.4 Å². The number of ether oxygens (including phenoxy) is 1. The van der Waals surface area contributed by atoms with Crippen LogP contribution in [0.4, 0.5) is 5.82 Å². The topological polar surface area (TPSA) is 114 Å². The largest absolute Gasteiger partial charge is 0.489 e. The third-order valence-corrected chi connectivity index (χ3v) is 6.90. The van der Waals surface area contributed by atoms with E-state index in [0.717, 1.165) is 10.0 Å². The summed E-state index contributed by atoms with van der Waals surface area (Å²) in [5.41, 5.74) is 9.27. The van der Waals surface area contributed by atoms with Crippen LogP contribution >= 0.6 is 27.7 Å². The van der Waals surface area contributed by atoms with Crippen molar-refractivity contribution in [3.05, 3.63) is 106 Å². The molecule has 0 amide bonds. The summed E-state index contributed by atoms with van der Waals surface area (Å²) in [5, 5.41) is 20.2. The van der Waals surface area contributed by atoms with Crippen molar-refractivity contribution in [3.63, 3.8) is 0 Å². The van der Waals surface area contributed by atoms with Gasteiger partial charge in [-0.15, -0.1) is 0 Å². The first-order valence-electron chi connectivity index (χ1n) is 10.9. The van der Waals surface area contributed by atoms with Crippen molar-refractivity contribution in [3.8, 4) is 29.0 Å². The number of aromatic amines is 1. The summed E-state index contributed by atoms with van der Waals surface area (Å²) in [6, 6.07) is 28.3. The number of hydrogen-bond donors (Lipinski definition) is 1. The van der Waals surface area contributed by atoms with Crippen LogP contribution in [0, 0.1) is 22.7 Å². The number of anilines is 1. The molecule has 3 aromatic carbocycles. The minimum absolute atomic E-state index is 0.0887. The van der Waals surface area contributed by atoms with Gasteiger partial charge in [-0.2, -0.15) is 10.5 Å². The molecule has 0 saturated carbocycles. The van der Waals surface area contributed by atoms with Crippen LogP contribution in [0.25, 0.3) is 11.1 Å². The first-order valence-corrected chi connectivity index (χ1v) is 12.7. The van der Waals surface area contributed by atoms with Crippen LogP contribution in [0.1, 0.15) is 27.0 Å². The number of aromatic nitrogens is 1. The van der Waals surface area contributed by atoms with E-state index < -0.39 is 0 Å². The molecule has 0 fully saturated rings. The zero-order valence-electron chi connectivity index (χ0n) is 19.0. The number of carbonyl (C=O) groups is 1. The molecule has 0 unspecified atom stereocenters. The summed E-state index contributed by atoms with van der Waals surface area (Å²) >= 11 is 4.54. The van der Waals surface area contributed by atoms with Crippen molar-refractivity contribution < 1.29 is 14.5 Å². The first kappa shape index (κ1) is 25.0. The Morgan fingerprint density at radius 1 is 0.944 bits per heavy atom. The fraction of sp³-hybridized carbons (Fsp3) is 0.0714. The molecule has 36 heavy (non-hydrogen) atoms. The average molecular weight is 556 g/mol. The molecule has 6 nitrogen and oxygen atoms in total. The standard InChI is InChI=1S/C28H19BrN4O2S/c29-21-10-6-19(7-11-21)25(34)17-36-28-24(15-31)26(23(14-30)27(32)33-28)20-8-12-22(13-9-20)35-16-18-4-2-1-3-5-18/h1-13H,16-17H2,(H2,32,33)/p+1. The predicted molar refractivity (Wildman–Crippen MR) is 142 cm³/mol. The lowest BCUT2D eigenvalue weighted by atomic mass is 9.97. The highest BCUT2D eigenvalue weighted by molar-refractivity contribution is 9.10. The molecule has 0 atom stereocenters. The van der Waals surface area contributed by atoms with Gasteiger partial charge in [0.1, 0.15) is 35.6 Å². The molecule has 3 N–H and O–H groups in total. The van der Waals surface area contributed by atoms with E-state index in [1.807, 2.05) is 30.3 Å². The minimum atomic E-state index is -0.0887. The molecule has 0 bridgehead atoms. The number of benzene rings is 3. The molecule has 176 valence electrons. The van der Waals surface area contributed by atoms with Crippen LogP contribution < -0.4 is 15.5 Å². The number of nitrogens with zero attached hydrogens (tertiary/aromatic N) is 2. The van der Waals surface area contributed by atoms with Crippen molar-refractivity contribution >= 4 is 39.3 Å². The summed E-state index contributed by atoms with van der Waals surface area (Å²) in [5.74, 6) is 0.803. The molecule has 4 rings (SSSR count). The zero-order chi connectivity index (χ0) is 25.5. The lowest BCUT2D eigenvalue weighted by Gasteiger charge is -2.11. The van der Waals surface area contributed by atoms with Crippen LogP contribution in [0.3, 0.4) is 0 Å². The Morgan fingerprint density at radius 2 is 1.61 bits per heavy atom. The van der Waals surface area contributed by atoms with Crippen molar-refractivity contribution in [1.29, 1.82) is 10.5 Å². The van der Waals surface area contributed by atoms with E-state index in [1.54, 1.807) is 48.5 Å². The first-order chi connectivity index (χ1) is 17.5. The molecule has 0 saturated heterocycles. The number of nitrogen functional groups attached to an aromatic ring is 1. The summed E-state index contributed by atoms with van der Waals surface area (Å²) in [6.07, 6.45) is 0. The van der Waals surface area contributed by atoms with Gasteiger partial charge in [-0.25, -0.2) is 4.98 Å². The van der Waals surface area contributed by atoms with E-state index in [0.29, 0.717) is 34.1 Å². The van der Waals surface area contributed by atoms with Crippen LogP contribution in [0.5, 0.6) is 5.75 Å². The van der Waals surface area contributed by atoms with Crippen molar-refractivity contribution in [2.24, 2.45) is 0 Å². The smallest absolute Gasteiger partial charge is 0.289 e. The number of nitriles is 2. The zero-order valence-corrected chi connectivity index (χ0v) is 21.4. The molecule has 8 heteroatoms. The quantitative estimate of drug-likeness (QED) is 0.216. The van der Waals surface area contributed by atoms with Crippen LogP contribution in [-0.2, 0) is 6.61 Å². The van der Waals surface area contributed by atoms with Crippen molar-refractivity contribution in [1.82, 2.24) is 0 Å². The van der Waals surface area contributed by atoms with Gasteiger partial charge in [0.15, 0.2) is 10.8 Å². The summed E-state index contributed by atoms with van der Waals surface area (Å²) in [4.78, 5) is 15.6. The molecule has 1 aromatic heterocycles. The fourth-order valence-electron chi connectivity index (χ4n) is 3.56. The van der Waals surface area contributed by atoms with E-state index in [4.69, 9.17) is 10.5 Å². The summed E-state index contributed by atoms with van der Waals surface area (Å²) in [6.45, 7) is 0.424. The van der Waals surface area contributed by atoms with E-state index in [9.17, 15) is 15.3 Å². The van der Waals surface area contributed by atoms with Crippen LogP contribution in [-0.4, -0.2) is 11.5 Å². The second-order valence-corrected chi connectivity index (χ2v) is 9.64. The van der Waals surface area contributed by atoms with Gasteiger partial charge < -0.3 is 4.74 Å². The SMILES string of the molecule is N#Cc1c(N)[nH+]c(SCC(=O)c2ccc(Br)cc2)c(C#N)c1-c1ccc(OCc2ccccc2)cc1. The van der Waals surface area contributed by atoms with Crippen molar-refractivity contribution in [2.75, 3.05) is 11.5 Å². The molecular weight excluding hydrogens is 536 g/mol. The lowest BCUT2D eigenvalue weighted by molar-refractivity contribution is -0.410. The normalized spacial score (nSPS) is 10.3. The van der Waals surface area contributed by atoms with E-state index in [2.05, 4.69) is 33.1 Å². The van der Waals surface area contributed by atoms with Gasteiger partial charge in [0.2, 0.25) is 0 Å². The fourth-order valence-corrected chi connectivity index (χ4v) is 4.74. The second kappa shape index (κ2) is 11.5. The maximum atomic E-state index is 12.7. The number of nitrogens with two attached hydrogens (primary N) is 1. The van der Waals surface area contributed by atoms with Gasteiger partial charge in [0.25, 0.3) is 5.82 Å². The van der Waals surface area contributed by atoms with Gasteiger partial charge in [-0.1, -0.05) is 82.3 Å². The maximum Gasteiger partial charge on any atom is 0.289 e. The molecule has 0 aliphatic carbocycles. The van der Waals surface area contributed by atoms with E-state index >= 15 is 0 Å². The molecule has 0 radical (unpaired) electrons. The number of rotatable bonds is 8. The highest BCUT2D eigenvalue weighted by atomic mass is 79.9.